The van der Waals surface area contributed by atoms with Gasteiger partial charge < -0.3 is 14.5 Å². The summed E-state index contributed by atoms with van der Waals surface area (Å²) in [7, 11) is 3.84. The van der Waals surface area contributed by atoms with Gasteiger partial charge in [0.05, 0.1) is 7.11 Å². The zero-order valence-electron chi connectivity index (χ0n) is 15.9. The van der Waals surface area contributed by atoms with Gasteiger partial charge in [-0.15, -0.1) is 0 Å². The second-order valence-corrected chi connectivity index (χ2v) is 8.02. The number of carbonyl (C=O) groups is 1. The van der Waals surface area contributed by atoms with Crippen molar-refractivity contribution in [3.63, 3.8) is 0 Å². The third kappa shape index (κ3) is 3.49. The van der Waals surface area contributed by atoms with Crippen LogP contribution in [0.4, 0.5) is 5.82 Å². The van der Waals surface area contributed by atoms with Gasteiger partial charge in [0.25, 0.3) is 0 Å². The van der Waals surface area contributed by atoms with Crippen LogP contribution in [0, 0.1) is 5.92 Å². The van der Waals surface area contributed by atoms with Crippen LogP contribution >= 0.6 is 0 Å². The van der Waals surface area contributed by atoms with Crippen molar-refractivity contribution in [3.05, 3.63) is 12.4 Å². The van der Waals surface area contributed by atoms with Crippen LogP contribution in [0.5, 0.6) is 5.88 Å². The van der Waals surface area contributed by atoms with Gasteiger partial charge in [0, 0.05) is 50.7 Å². The molecule has 0 N–H and O–H groups in total. The van der Waals surface area contributed by atoms with Gasteiger partial charge in [0.1, 0.15) is 12.1 Å². The number of carbonyl (C=O) groups excluding carboxylic acids is 1. The number of amides is 1. The molecule has 4 rings (SSSR count). The predicted octanol–water partition coefficient (Wildman–Crippen LogP) is 1.40. The van der Waals surface area contributed by atoms with Crippen LogP contribution in [0.3, 0.4) is 0 Å². The largest absolute Gasteiger partial charge is 0.481 e. The Labute approximate surface area is 155 Å². The lowest BCUT2D eigenvalue weighted by Gasteiger charge is -2.49. The van der Waals surface area contributed by atoms with Crippen molar-refractivity contribution in [2.24, 2.45) is 5.92 Å². The normalized spacial score (nSPS) is 27.7. The minimum atomic E-state index is 0.0321. The van der Waals surface area contributed by atoms with E-state index in [0.717, 1.165) is 57.3 Å². The van der Waals surface area contributed by atoms with Crippen molar-refractivity contribution in [2.45, 2.75) is 37.6 Å². The van der Waals surface area contributed by atoms with Gasteiger partial charge in [0.15, 0.2) is 0 Å². The molecule has 0 bridgehead atoms. The first kappa shape index (κ1) is 17.5. The maximum absolute atomic E-state index is 12.6. The number of methoxy groups -OCH3 is 1. The first-order valence-electron chi connectivity index (χ1n) is 9.70. The van der Waals surface area contributed by atoms with E-state index in [2.05, 4.69) is 31.7 Å². The second kappa shape index (κ2) is 7.02. The van der Waals surface area contributed by atoms with E-state index in [1.165, 1.54) is 12.8 Å². The number of nitrogens with zero attached hydrogens (tertiary/aromatic N) is 5. The topological polar surface area (TPSA) is 61.8 Å². The van der Waals surface area contributed by atoms with Crippen molar-refractivity contribution in [3.8, 4) is 5.88 Å². The van der Waals surface area contributed by atoms with Gasteiger partial charge in [-0.2, -0.15) is 0 Å². The van der Waals surface area contributed by atoms with Crippen LogP contribution in [-0.4, -0.2) is 78.1 Å². The number of likely N-dealkylation sites (N-methyl/N-ethyl adjacent to an activating group) is 1. The average molecular weight is 359 g/mol. The lowest BCUT2D eigenvalue weighted by molar-refractivity contribution is -0.130. The Hall–Kier alpha value is -1.89. The Kier molecular flexibility index (Phi) is 4.73. The first-order chi connectivity index (χ1) is 12.6. The number of anilines is 1. The number of rotatable bonds is 4. The zero-order valence-corrected chi connectivity index (χ0v) is 15.9. The summed E-state index contributed by atoms with van der Waals surface area (Å²) in [5.41, 5.74) is 0.0321. The maximum atomic E-state index is 12.6. The molecule has 1 spiro atoms. The monoisotopic (exact) mass is 359 g/mol. The summed E-state index contributed by atoms with van der Waals surface area (Å²) in [5, 5.41) is 0. The minimum Gasteiger partial charge on any atom is -0.481 e. The quantitative estimate of drug-likeness (QED) is 0.810. The van der Waals surface area contributed by atoms with Crippen LogP contribution < -0.4 is 9.64 Å². The smallest absolute Gasteiger partial charge is 0.222 e. The summed E-state index contributed by atoms with van der Waals surface area (Å²) < 4.78 is 5.26. The molecule has 2 saturated heterocycles. The van der Waals surface area contributed by atoms with Crippen molar-refractivity contribution < 1.29 is 9.53 Å². The van der Waals surface area contributed by atoms with E-state index >= 15 is 0 Å². The van der Waals surface area contributed by atoms with Crippen molar-refractivity contribution in [1.82, 2.24) is 19.8 Å². The summed E-state index contributed by atoms with van der Waals surface area (Å²) in [6.07, 6.45) is 6.74. The third-order valence-electron chi connectivity index (χ3n) is 6.34. The van der Waals surface area contributed by atoms with Gasteiger partial charge in [-0.3, -0.25) is 9.69 Å². The number of hydrogen-bond acceptors (Lipinski definition) is 6. The molecule has 26 heavy (non-hydrogen) atoms. The first-order valence-corrected chi connectivity index (χ1v) is 9.70. The lowest BCUT2D eigenvalue weighted by Crippen LogP contribution is -2.61. The molecule has 7 nitrogen and oxygen atoms in total. The maximum Gasteiger partial charge on any atom is 0.222 e. The van der Waals surface area contributed by atoms with Gasteiger partial charge in [-0.25, -0.2) is 9.97 Å². The van der Waals surface area contributed by atoms with E-state index in [1.54, 1.807) is 13.4 Å². The molecular formula is C19H29N5O2. The zero-order chi connectivity index (χ0) is 18.1. The van der Waals surface area contributed by atoms with Crippen LogP contribution in [0.15, 0.2) is 12.4 Å². The highest BCUT2D eigenvalue weighted by atomic mass is 16.5. The van der Waals surface area contributed by atoms with Crippen LogP contribution in [-0.2, 0) is 4.79 Å². The number of aromatic nitrogens is 2. The fraction of sp³-hybridized carbons (Fsp3) is 0.737. The number of piperazine rings is 1. The van der Waals surface area contributed by atoms with Crippen LogP contribution in [0.25, 0.3) is 0 Å². The number of hydrogen-bond donors (Lipinski definition) is 0. The second-order valence-electron chi connectivity index (χ2n) is 8.02. The van der Waals surface area contributed by atoms with E-state index in [0.29, 0.717) is 18.2 Å². The Morgan fingerprint density at radius 2 is 2.08 bits per heavy atom. The highest BCUT2D eigenvalue weighted by molar-refractivity contribution is 5.76. The molecule has 2 aliphatic heterocycles. The molecule has 1 aromatic rings. The molecule has 0 unspecified atom stereocenters. The molecule has 3 heterocycles. The molecule has 1 saturated carbocycles. The lowest BCUT2D eigenvalue weighted by atomic mass is 9.86. The number of ether oxygens (including phenoxy) is 1. The average Bonchev–Trinajstić information content (AvgIpc) is 3.50. The third-order valence-corrected chi connectivity index (χ3v) is 6.34. The summed E-state index contributed by atoms with van der Waals surface area (Å²) >= 11 is 0. The molecule has 3 aliphatic rings. The van der Waals surface area contributed by atoms with E-state index in [1.807, 2.05) is 6.07 Å². The van der Waals surface area contributed by atoms with Gasteiger partial charge >= 0.3 is 0 Å². The van der Waals surface area contributed by atoms with Gasteiger partial charge in [-0.05, 0) is 38.6 Å². The SMILES string of the molecule is COc1cc(N2CCN(C)[C@]3(CCC(=O)N(CC4CC4)CC3)C2)ncn1. The summed E-state index contributed by atoms with van der Waals surface area (Å²) in [6, 6.07) is 1.90. The molecular weight excluding hydrogens is 330 g/mol. The van der Waals surface area contributed by atoms with Crippen LogP contribution in [0.2, 0.25) is 0 Å². The Bertz CT molecular complexity index is 665. The van der Waals surface area contributed by atoms with E-state index < -0.39 is 0 Å². The molecule has 142 valence electrons. The molecule has 1 atom stereocenters. The van der Waals surface area contributed by atoms with Crippen molar-refractivity contribution in [2.75, 3.05) is 51.8 Å². The molecule has 0 radical (unpaired) electrons. The molecule has 1 aliphatic carbocycles. The van der Waals surface area contributed by atoms with Crippen molar-refractivity contribution in [1.29, 1.82) is 0 Å². The predicted molar refractivity (Wildman–Crippen MR) is 99.3 cm³/mol. The molecule has 7 heteroatoms. The van der Waals surface area contributed by atoms with Crippen molar-refractivity contribution >= 4 is 11.7 Å². The Balaban J connectivity index is 1.50. The standard InChI is InChI=1S/C19H29N5O2/c1-22-9-10-24(16-11-17(26-2)21-14-20-16)13-19(22)6-5-18(25)23(8-7-19)12-15-3-4-15/h11,14-15H,3-10,12-13H2,1-2H3/t19-/m0/s1. The summed E-state index contributed by atoms with van der Waals surface area (Å²) in [4.78, 5) is 28.1. The molecule has 1 amide bonds. The fourth-order valence-electron chi connectivity index (χ4n) is 4.31. The molecule has 3 fully saturated rings. The highest BCUT2D eigenvalue weighted by Crippen LogP contribution is 2.36. The van der Waals surface area contributed by atoms with E-state index in [-0.39, 0.29) is 5.54 Å². The minimum absolute atomic E-state index is 0.0321. The Morgan fingerprint density at radius 1 is 1.23 bits per heavy atom. The molecule has 0 aromatic carbocycles. The van der Waals surface area contributed by atoms with Gasteiger partial charge in [-0.1, -0.05) is 0 Å². The number of likely N-dealkylation sites (tertiary alicyclic amines) is 1. The molecule has 1 aromatic heterocycles. The Morgan fingerprint density at radius 3 is 2.85 bits per heavy atom. The van der Waals surface area contributed by atoms with E-state index in [4.69, 9.17) is 4.74 Å². The van der Waals surface area contributed by atoms with Gasteiger partial charge in [0.2, 0.25) is 11.8 Å². The highest BCUT2D eigenvalue weighted by Gasteiger charge is 2.43. The van der Waals surface area contributed by atoms with Crippen LogP contribution in [0.1, 0.15) is 32.1 Å². The van der Waals surface area contributed by atoms with E-state index in [9.17, 15) is 4.79 Å². The summed E-state index contributed by atoms with van der Waals surface area (Å²) in [5.74, 6) is 2.59. The fourth-order valence-corrected chi connectivity index (χ4v) is 4.31. The summed E-state index contributed by atoms with van der Waals surface area (Å²) in [6.45, 7) is 4.64.